The van der Waals surface area contributed by atoms with Crippen molar-refractivity contribution in [1.29, 1.82) is 5.26 Å². The molecule has 0 N–H and O–H groups in total. The van der Waals surface area contributed by atoms with Crippen molar-refractivity contribution in [3.63, 3.8) is 0 Å². The Hall–Kier alpha value is -2.63. The molecule has 2 atom stereocenters. The highest BCUT2D eigenvalue weighted by atomic mass is 15.2. The van der Waals surface area contributed by atoms with Crippen LogP contribution in [0.25, 0.3) is 10.8 Å². The van der Waals surface area contributed by atoms with Gasteiger partial charge in [-0.15, -0.1) is 0 Å². The number of piperidine rings is 1. The monoisotopic (exact) mass is 368 g/mol. The van der Waals surface area contributed by atoms with E-state index in [-0.39, 0.29) is 6.04 Å². The van der Waals surface area contributed by atoms with Crippen LogP contribution in [0, 0.1) is 11.3 Å². The van der Waals surface area contributed by atoms with Crippen LogP contribution in [-0.2, 0) is 5.41 Å². The molecule has 2 heteroatoms. The summed E-state index contributed by atoms with van der Waals surface area (Å²) in [6.45, 7) is 4.28. The van der Waals surface area contributed by atoms with Crippen LogP contribution in [0.1, 0.15) is 49.8 Å². The molecule has 3 aromatic rings. The number of hydrogen-bond acceptors (Lipinski definition) is 2. The average Bonchev–Trinajstić information content (AvgIpc) is 2.78. The molecule has 3 aromatic carbocycles. The highest BCUT2D eigenvalue weighted by Crippen LogP contribution is 2.46. The maximum atomic E-state index is 10.6. The van der Waals surface area contributed by atoms with Crippen LogP contribution < -0.4 is 0 Å². The van der Waals surface area contributed by atoms with E-state index in [9.17, 15) is 5.26 Å². The summed E-state index contributed by atoms with van der Waals surface area (Å²) in [5.41, 5.74) is 1.85. The molecular formula is C26H28N2. The summed E-state index contributed by atoms with van der Waals surface area (Å²) in [4.78, 5) is 2.57. The molecule has 0 spiro atoms. The Morgan fingerprint density at radius 2 is 1.57 bits per heavy atom. The lowest BCUT2D eigenvalue weighted by Gasteiger charge is -2.44. The fourth-order valence-corrected chi connectivity index (χ4v) is 4.93. The van der Waals surface area contributed by atoms with Gasteiger partial charge in [-0.25, -0.2) is 0 Å². The van der Waals surface area contributed by atoms with Crippen LogP contribution >= 0.6 is 0 Å². The van der Waals surface area contributed by atoms with Crippen molar-refractivity contribution in [3.8, 4) is 6.07 Å². The van der Waals surface area contributed by atoms with E-state index >= 15 is 0 Å². The minimum absolute atomic E-state index is 0.0521. The topological polar surface area (TPSA) is 27.0 Å². The fraction of sp³-hybridized carbons (Fsp3) is 0.346. The first-order valence-corrected chi connectivity index (χ1v) is 10.5. The Morgan fingerprint density at radius 3 is 2.29 bits per heavy atom. The van der Waals surface area contributed by atoms with Crippen LogP contribution in [0.15, 0.2) is 72.8 Å². The smallest absolute Gasteiger partial charge is 0.102 e. The Balaban J connectivity index is 1.96. The molecule has 0 bridgehead atoms. The first-order valence-electron chi connectivity index (χ1n) is 10.5. The highest BCUT2D eigenvalue weighted by Gasteiger charge is 2.44. The molecule has 0 aromatic heterocycles. The van der Waals surface area contributed by atoms with Crippen LogP contribution in [-0.4, -0.2) is 18.0 Å². The maximum absolute atomic E-state index is 10.6. The number of benzene rings is 3. The van der Waals surface area contributed by atoms with E-state index in [2.05, 4.69) is 84.6 Å². The molecule has 1 heterocycles. The van der Waals surface area contributed by atoms with Gasteiger partial charge in [-0.2, -0.15) is 5.26 Å². The van der Waals surface area contributed by atoms with Crippen molar-refractivity contribution in [2.75, 3.05) is 13.1 Å². The summed E-state index contributed by atoms with van der Waals surface area (Å²) < 4.78 is 0. The molecule has 28 heavy (non-hydrogen) atoms. The van der Waals surface area contributed by atoms with Gasteiger partial charge in [0.25, 0.3) is 0 Å². The van der Waals surface area contributed by atoms with Crippen molar-refractivity contribution in [3.05, 3.63) is 83.9 Å². The van der Waals surface area contributed by atoms with E-state index in [1.54, 1.807) is 0 Å². The molecule has 0 saturated carbocycles. The van der Waals surface area contributed by atoms with Gasteiger partial charge < -0.3 is 0 Å². The molecule has 2 nitrogen and oxygen atoms in total. The van der Waals surface area contributed by atoms with Gasteiger partial charge in [0, 0.05) is 0 Å². The van der Waals surface area contributed by atoms with Crippen LogP contribution in [0.3, 0.4) is 0 Å². The number of fused-ring (bicyclic) bond motifs is 1. The van der Waals surface area contributed by atoms with Crippen LogP contribution in [0.5, 0.6) is 0 Å². The SMILES string of the molecule is CC[C@](C#N)(c1ccccc1)[C@@H](c1cccc2ccccc12)N1CCCCC1. The standard InChI is InChI=1S/C26H28N2/c1-2-26(20-27,22-14-5-3-6-15-22)25(28-18-9-4-10-19-28)24-17-11-13-21-12-7-8-16-23(21)24/h3,5-8,11-17,25H,2,4,9-10,18-19H2,1H3/t25-,26+/m1/s1. The van der Waals surface area contributed by atoms with Gasteiger partial charge in [0.2, 0.25) is 0 Å². The first-order chi connectivity index (χ1) is 13.8. The third-order valence-corrected chi connectivity index (χ3v) is 6.39. The predicted octanol–water partition coefficient (Wildman–Crippen LogP) is 6.24. The van der Waals surface area contributed by atoms with Gasteiger partial charge in [0.15, 0.2) is 0 Å². The molecule has 4 rings (SSSR count). The third-order valence-electron chi connectivity index (χ3n) is 6.39. The van der Waals surface area contributed by atoms with E-state index in [1.165, 1.54) is 35.6 Å². The number of nitrogens with zero attached hydrogens (tertiary/aromatic N) is 2. The quantitative estimate of drug-likeness (QED) is 0.533. The summed E-state index contributed by atoms with van der Waals surface area (Å²) in [7, 11) is 0. The Morgan fingerprint density at radius 1 is 0.893 bits per heavy atom. The zero-order valence-electron chi connectivity index (χ0n) is 16.6. The first kappa shape index (κ1) is 18.7. The molecule has 1 aliphatic heterocycles. The van der Waals surface area contributed by atoms with Crippen molar-refractivity contribution in [2.45, 2.75) is 44.1 Å². The zero-order chi connectivity index (χ0) is 19.4. The normalized spacial score (nSPS) is 18.3. The molecule has 0 aliphatic carbocycles. The van der Waals surface area contributed by atoms with Gasteiger partial charge in [-0.05, 0) is 54.3 Å². The third kappa shape index (κ3) is 3.21. The molecule has 1 aliphatic rings. The van der Waals surface area contributed by atoms with Gasteiger partial charge in [-0.1, -0.05) is 86.1 Å². The Labute approximate surface area is 168 Å². The minimum atomic E-state index is -0.567. The van der Waals surface area contributed by atoms with Crippen molar-refractivity contribution in [2.24, 2.45) is 0 Å². The zero-order valence-corrected chi connectivity index (χ0v) is 16.6. The summed E-state index contributed by atoms with van der Waals surface area (Å²) >= 11 is 0. The molecule has 0 unspecified atom stereocenters. The van der Waals surface area contributed by atoms with Gasteiger partial charge in [0.1, 0.15) is 5.41 Å². The van der Waals surface area contributed by atoms with E-state index in [1.807, 2.05) is 6.07 Å². The number of hydrogen-bond donors (Lipinski definition) is 0. The Bertz CT molecular complexity index is 961. The highest BCUT2D eigenvalue weighted by molar-refractivity contribution is 5.86. The predicted molar refractivity (Wildman–Crippen MR) is 116 cm³/mol. The van der Waals surface area contributed by atoms with Crippen LogP contribution in [0.4, 0.5) is 0 Å². The van der Waals surface area contributed by atoms with E-state index in [0.717, 1.165) is 25.1 Å². The van der Waals surface area contributed by atoms with E-state index in [0.29, 0.717) is 0 Å². The fourth-order valence-electron chi connectivity index (χ4n) is 4.93. The summed E-state index contributed by atoms with van der Waals surface area (Å²) in [5.74, 6) is 0. The second kappa shape index (κ2) is 8.17. The van der Waals surface area contributed by atoms with E-state index in [4.69, 9.17) is 0 Å². The number of nitriles is 1. The minimum Gasteiger partial charge on any atom is -0.294 e. The average molecular weight is 369 g/mol. The van der Waals surface area contributed by atoms with E-state index < -0.39 is 5.41 Å². The van der Waals surface area contributed by atoms with Gasteiger partial charge >= 0.3 is 0 Å². The summed E-state index contributed by atoms with van der Waals surface area (Å²) in [5, 5.41) is 13.1. The lowest BCUT2D eigenvalue weighted by Crippen LogP contribution is -2.45. The van der Waals surface area contributed by atoms with Gasteiger partial charge in [-0.3, -0.25) is 4.90 Å². The summed E-state index contributed by atoms with van der Waals surface area (Å²) in [6.07, 6.45) is 4.50. The molecule has 1 saturated heterocycles. The lowest BCUT2D eigenvalue weighted by atomic mass is 9.69. The molecule has 1 fully saturated rings. The number of likely N-dealkylation sites (tertiary alicyclic amines) is 1. The van der Waals surface area contributed by atoms with Crippen molar-refractivity contribution >= 4 is 10.8 Å². The van der Waals surface area contributed by atoms with Crippen molar-refractivity contribution in [1.82, 2.24) is 4.90 Å². The van der Waals surface area contributed by atoms with Crippen molar-refractivity contribution < 1.29 is 0 Å². The summed E-state index contributed by atoms with van der Waals surface area (Å²) in [6, 6.07) is 28.4. The largest absolute Gasteiger partial charge is 0.294 e. The molecule has 0 radical (unpaired) electrons. The number of rotatable bonds is 5. The molecular weight excluding hydrogens is 340 g/mol. The Kier molecular flexibility index (Phi) is 5.46. The maximum Gasteiger partial charge on any atom is 0.102 e. The molecule has 142 valence electrons. The second-order valence-electron chi connectivity index (χ2n) is 7.87. The van der Waals surface area contributed by atoms with Crippen LogP contribution in [0.2, 0.25) is 0 Å². The second-order valence-corrected chi connectivity index (χ2v) is 7.87. The lowest BCUT2D eigenvalue weighted by molar-refractivity contribution is 0.115. The van der Waals surface area contributed by atoms with Gasteiger partial charge in [0.05, 0.1) is 12.1 Å². The molecule has 0 amide bonds.